The minimum atomic E-state index is -1.58. The summed E-state index contributed by atoms with van der Waals surface area (Å²) in [7, 11) is -1.58. The molecular formula is C12H15BN2O5. The molecule has 3 N–H and O–H groups in total. The van der Waals surface area contributed by atoms with Crippen LogP contribution < -0.4 is 10.8 Å². The van der Waals surface area contributed by atoms with Crippen LogP contribution >= 0.6 is 0 Å². The molecule has 8 heteroatoms. The molecular weight excluding hydrogens is 263 g/mol. The molecule has 20 heavy (non-hydrogen) atoms. The highest BCUT2D eigenvalue weighted by Crippen LogP contribution is 2.18. The van der Waals surface area contributed by atoms with E-state index in [1.165, 1.54) is 18.2 Å². The second-order valence-electron chi connectivity index (χ2n) is 5.25. The quantitative estimate of drug-likeness (QED) is 0.703. The van der Waals surface area contributed by atoms with Crippen molar-refractivity contribution in [2.24, 2.45) is 0 Å². The van der Waals surface area contributed by atoms with E-state index in [9.17, 15) is 4.79 Å². The summed E-state index contributed by atoms with van der Waals surface area (Å²) in [5, 5.41) is 20.5. The Morgan fingerprint density at radius 3 is 2.70 bits per heavy atom. The Bertz CT molecular complexity index is 632. The number of benzene rings is 1. The van der Waals surface area contributed by atoms with Gasteiger partial charge in [0, 0.05) is 0 Å². The summed E-state index contributed by atoms with van der Waals surface area (Å²) in [6.45, 7) is 5.23. The molecule has 1 aromatic carbocycles. The SMILES string of the molecule is CC(C)(C)OC(=O)Nc1nc2cc(B(O)O)ccc2o1. The monoisotopic (exact) mass is 278 g/mol. The Hall–Kier alpha value is -2.06. The fraction of sp³-hybridized carbons (Fsp3) is 0.333. The van der Waals surface area contributed by atoms with Crippen LogP contribution in [0.25, 0.3) is 11.1 Å². The van der Waals surface area contributed by atoms with E-state index in [2.05, 4.69) is 10.3 Å². The lowest BCUT2D eigenvalue weighted by atomic mass is 9.80. The Balaban J connectivity index is 2.18. The third-order valence-corrected chi connectivity index (χ3v) is 2.32. The molecule has 1 aromatic heterocycles. The fourth-order valence-electron chi connectivity index (χ4n) is 1.55. The molecule has 0 bridgehead atoms. The Morgan fingerprint density at radius 2 is 2.10 bits per heavy atom. The third-order valence-electron chi connectivity index (χ3n) is 2.32. The van der Waals surface area contributed by atoms with E-state index in [0.29, 0.717) is 11.1 Å². The molecule has 0 saturated carbocycles. The summed E-state index contributed by atoms with van der Waals surface area (Å²) in [4.78, 5) is 15.6. The zero-order chi connectivity index (χ0) is 14.9. The summed E-state index contributed by atoms with van der Waals surface area (Å²) in [5.74, 6) is 0. The average molecular weight is 278 g/mol. The normalized spacial score (nSPS) is 11.4. The number of carbonyl (C=O) groups is 1. The highest BCUT2D eigenvalue weighted by atomic mass is 16.6. The summed E-state index contributed by atoms with van der Waals surface area (Å²) < 4.78 is 10.4. The lowest BCUT2D eigenvalue weighted by Crippen LogP contribution is -2.29. The number of aromatic nitrogens is 1. The molecule has 106 valence electrons. The minimum Gasteiger partial charge on any atom is -0.443 e. The summed E-state index contributed by atoms with van der Waals surface area (Å²) in [6, 6.07) is 4.48. The minimum absolute atomic E-state index is 0.0150. The van der Waals surface area contributed by atoms with E-state index in [1.807, 2.05) is 0 Å². The number of hydrogen-bond donors (Lipinski definition) is 3. The van der Waals surface area contributed by atoms with Gasteiger partial charge in [-0.3, -0.25) is 0 Å². The van der Waals surface area contributed by atoms with Crippen LogP contribution in [0.4, 0.5) is 10.8 Å². The number of rotatable bonds is 2. The maximum atomic E-state index is 11.6. The Kier molecular flexibility index (Phi) is 3.69. The first-order valence-electron chi connectivity index (χ1n) is 6.01. The average Bonchev–Trinajstić information content (AvgIpc) is 2.66. The van der Waals surface area contributed by atoms with E-state index in [0.717, 1.165) is 0 Å². The number of nitrogens with zero attached hydrogens (tertiary/aromatic N) is 1. The second kappa shape index (κ2) is 5.14. The number of hydrogen-bond acceptors (Lipinski definition) is 6. The number of ether oxygens (including phenoxy) is 1. The molecule has 2 aromatic rings. The molecule has 0 spiro atoms. The van der Waals surface area contributed by atoms with Gasteiger partial charge >= 0.3 is 19.2 Å². The molecule has 0 saturated heterocycles. The zero-order valence-electron chi connectivity index (χ0n) is 11.4. The van der Waals surface area contributed by atoms with Crippen LogP contribution in [0.2, 0.25) is 0 Å². The van der Waals surface area contributed by atoms with Crippen LogP contribution in [-0.4, -0.2) is 33.8 Å². The van der Waals surface area contributed by atoms with Crippen LogP contribution in [0.1, 0.15) is 20.8 Å². The van der Waals surface area contributed by atoms with E-state index in [4.69, 9.17) is 19.2 Å². The third kappa shape index (κ3) is 3.49. The zero-order valence-corrected chi connectivity index (χ0v) is 11.4. The number of nitrogens with one attached hydrogen (secondary N) is 1. The molecule has 1 heterocycles. The number of carbonyl (C=O) groups excluding carboxylic acids is 1. The summed E-state index contributed by atoms with van der Waals surface area (Å²) >= 11 is 0. The molecule has 0 aliphatic carbocycles. The van der Waals surface area contributed by atoms with Crippen molar-refractivity contribution >= 4 is 35.8 Å². The highest BCUT2D eigenvalue weighted by Gasteiger charge is 2.19. The Morgan fingerprint density at radius 1 is 1.40 bits per heavy atom. The van der Waals surface area contributed by atoms with Crippen molar-refractivity contribution < 1.29 is 24.0 Å². The van der Waals surface area contributed by atoms with Crippen molar-refractivity contribution in [1.82, 2.24) is 4.98 Å². The van der Waals surface area contributed by atoms with Crippen LogP contribution in [0.5, 0.6) is 0 Å². The molecule has 0 aliphatic rings. The van der Waals surface area contributed by atoms with Gasteiger partial charge in [0.05, 0.1) is 0 Å². The van der Waals surface area contributed by atoms with Gasteiger partial charge in [-0.2, -0.15) is 4.98 Å². The summed E-state index contributed by atoms with van der Waals surface area (Å²) in [5.41, 5.74) is 0.487. The van der Waals surface area contributed by atoms with Gasteiger partial charge in [-0.1, -0.05) is 6.07 Å². The number of amides is 1. The van der Waals surface area contributed by atoms with E-state index < -0.39 is 18.8 Å². The van der Waals surface area contributed by atoms with E-state index >= 15 is 0 Å². The largest absolute Gasteiger partial charge is 0.488 e. The number of fused-ring (bicyclic) bond motifs is 1. The molecule has 0 fully saturated rings. The molecule has 0 aliphatic heterocycles. The first kappa shape index (κ1) is 14.4. The van der Waals surface area contributed by atoms with Gasteiger partial charge in [0.15, 0.2) is 5.58 Å². The number of oxazole rings is 1. The van der Waals surface area contributed by atoms with Crippen LogP contribution in [0.3, 0.4) is 0 Å². The van der Waals surface area contributed by atoms with Gasteiger partial charge in [0.25, 0.3) is 0 Å². The highest BCUT2D eigenvalue weighted by molar-refractivity contribution is 6.58. The lowest BCUT2D eigenvalue weighted by molar-refractivity contribution is 0.0632. The van der Waals surface area contributed by atoms with E-state index in [-0.39, 0.29) is 11.5 Å². The van der Waals surface area contributed by atoms with Crippen LogP contribution in [-0.2, 0) is 4.74 Å². The van der Waals surface area contributed by atoms with Crippen molar-refractivity contribution in [3.05, 3.63) is 18.2 Å². The first-order valence-corrected chi connectivity index (χ1v) is 6.01. The predicted octanol–water partition coefficient (Wildman–Crippen LogP) is 0.855. The maximum Gasteiger partial charge on any atom is 0.488 e. The first-order chi connectivity index (χ1) is 9.24. The maximum absolute atomic E-state index is 11.6. The van der Waals surface area contributed by atoms with Crippen molar-refractivity contribution in [2.45, 2.75) is 26.4 Å². The van der Waals surface area contributed by atoms with Gasteiger partial charge in [-0.25, -0.2) is 10.1 Å². The smallest absolute Gasteiger partial charge is 0.443 e. The second-order valence-corrected chi connectivity index (χ2v) is 5.25. The van der Waals surface area contributed by atoms with Gasteiger partial charge in [0.2, 0.25) is 0 Å². The molecule has 1 amide bonds. The van der Waals surface area contributed by atoms with E-state index in [1.54, 1.807) is 20.8 Å². The van der Waals surface area contributed by atoms with Crippen molar-refractivity contribution in [3.63, 3.8) is 0 Å². The van der Waals surface area contributed by atoms with Gasteiger partial charge in [-0.05, 0) is 38.4 Å². The topological polar surface area (TPSA) is 105 Å². The van der Waals surface area contributed by atoms with Crippen LogP contribution in [0.15, 0.2) is 22.6 Å². The van der Waals surface area contributed by atoms with Crippen LogP contribution in [0, 0.1) is 0 Å². The van der Waals surface area contributed by atoms with Crippen molar-refractivity contribution in [1.29, 1.82) is 0 Å². The number of anilines is 1. The van der Waals surface area contributed by atoms with Gasteiger partial charge < -0.3 is 19.2 Å². The van der Waals surface area contributed by atoms with Gasteiger partial charge in [-0.15, -0.1) is 0 Å². The molecule has 0 radical (unpaired) electrons. The molecule has 0 atom stereocenters. The molecule has 7 nitrogen and oxygen atoms in total. The predicted molar refractivity (Wildman–Crippen MR) is 73.7 cm³/mol. The lowest BCUT2D eigenvalue weighted by Gasteiger charge is -2.18. The Labute approximate surface area is 115 Å². The molecule has 0 unspecified atom stereocenters. The fourth-order valence-corrected chi connectivity index (χ4v) is 1.55. The summed E-state index contributed by atoms with van der Waals surface area (Å²) in [6.07, 6.45) is -0.675. The van der Waals surface area contributed by atoms with Gasteiger partial charge in [0.1, 0.15) is 11.1 Å². The van der Waals surface area contributed by atoms with Crippen molar-refractivity contribution in [3.8, 4) is 0 Å². The standard InChI is InChI=1S/C12H15BN2O5/c1-12(2,3)20-11(16)15-10-14-8-6-7(13(17)18)4-5-9(8)19-10/h4-6,17-18H,1-3H3,(H,14,15,16). The van der Waals surface area contributed by atoms with Crippen molar-refractivity contribution in [2.75, 3.05) is 5.32 Å². The molecule has 2 rings (SSSR count).